The van der Waals surface area contributed by atoms with Gasteiger partial charge in [-0.15, -0.1) is 0 Å². The lowest BCUT2D eigenvalue weighted by Gasteiger charge is -2.61. The van der Waals surface area contributed by atoms with E-state index in [1.54, 1.807) is 0 Å². The van der Waals surface area contributed by atoms with Gasteiger partial charge in [0.05, 0.1) is 6.10 Å². The Morgan fingerprint density at radius 3 is 2.61 bits per heavy atom. The highest BCUT2D eigenvalue weighted by molar-refractivity contribution is 5.13. The Morgan fingerprint density at radius 2 is 2.11 bits per heavy atom. The first-order valence-electron chi connectivity index (χ1n) is 7.73. The highest BCUT2D eigenvalue weighted by Crippen LogP contribution is 2.57. The van der Waals surface area contributed by atoms with Gasteiger partial charge >= 0.3 is 0 Å². The summed E-state index contributed by atoms with van der Waals surface area (Å²) >= 11 is 0. The highest BCUT2D eigenvalue weighted by atomic mass is 16.5. The molecule has 2 aliphatic carbocycles. The van der Waals surface area contributed by atoms with Gasteiger partial charge in [-0.25, -0.2) is 0 Å². The average Bonchev–Trinajstić information content (AvgIpc) is 2.54. The van der Waals surface area contributed by atoms with E-state index in [-0.39, 0.29) is 0 Å². The number of hydrogen-bond acceptors (Lipinski definition) is 3. The Bertz CT molecular complexity index is 293. The van der Waals surface area contributed by atoms with Gasteiger partial charge in [0.15, 0.2) is 0 Å². The second-order valence-corrected chi connectivity index (χ2v) is 6.71. The van der Waals surface area contributed by atoms with Crippen LogP contribution in [0.4, 0.5) is 0 Å². The molecule has 0 aromatic heterocycles. The highest BCUT2D eigenvalue weighted by Gasteiger charge is 2.59. The molecule has 18 heavy (non-hydrogen) atoms. The maximum atomic E-state index is 5.92. The first kappa shape index (κ1) is 12.9. The quantitative estimate of drug-likeness (QED) is 0.828. The third kappa shape index (κ3) is 1.91. The average molecular weight is 252 g/mol. The van der Waals surface area contributed by atoms with Gasteiger partial charge in [-0.3, -0.25) is 0 Å². The van der Waals surface area contributed by atoms with E-state index in [0.29, 0.717) is 17.6 Å². The fourth-order valence-corrected chi connectivity index (χ4v) is 4.27. The fourth-order valence-electron chi connectivity index (χ4n) is 4.27. The Hall–Kier alpha value is -0.120. The van der Waals surface area contributed by atoms with Crippen molar-refractivity contribution in [3.8, 4) is 0 Å². The second-order valence-electron chi connectivity index (χ2n) is 6.71. The molecule has 1 saturated heterocycles. The van der Waals surface area contributed by atoms with E-state index in [1.807, 2.05) is 0 Å². The number of ether oxygens (including phenoxy) is 1. The first-order chi connectivity index (χ1) is 8.65. The summed E-state index contributed by atoms with van der Waals surface area (Å²) in [6.07, 6.45) is 7.26. The SMILES string of the molecule is CCOC1CC(NC2CC(C)N(C)C2)C12CCC2. The molecule has 0 bridgehead atoms. The van der Waals surface area contributed by atoms with Crippen LogP contribution in [-0.2, 0) is 4.74 Å². The molecule has 1 aliphatic heterocycles. The lowest BCUT2D eigenvalue weighted by atomic mass is 9.51. The summed E-state index contributed by atoms with van der Waals surface area (Å²) in [6, 6.07) is 2.17. The largest absolute Gasteiger partial charge is 0.378 e. The van der Waals surface area contributed by atoms with Crippen LogP contribution in [0, 0.1) is 5.41 Å². The van der Waals surface area contributed by atoms with E-state index in [0.717, 1.165) is 18.7 Å². The predicted molar refractivity (Wildman–Crippen MR) is 73.7 cm³/mol. The number of hydrogen-bond donors (Lipinski definition) is 1. The van der Waals surface area contributed by atoms with Crippen LogP contribution in [0.2, 0.25) is 0 Å². The molecule has 0 amide bonds. The summed E-state index contributed by atoms with van der Waals surface area (Å²) in [6.45, 7) is 6.56. The molecule has 0 aromatic rings. The Kier molecular flexibility index (Phi) is 3.41. The lowest BCUT2D eigenvalue weighted by molar-refractivity contribution is -0.174. The van der Waals surface area contributed by atoms with Crippen molar-refractivity contribution >= 4 is 0 Å². The molecule has 2 saturated carbocycles. The zero-order valence-electron chi connectivity index (χ0n) is 12.1. The maximum absolute atomic E-state index is 5.92. The molecular weight excluding hydrogens is 224 g/mol. The molecule has 1 N–H and O–H groups in total. The molecule has 3 heteroatoms. The van der Waals surface area contributed by atoms with E-state index in [1.165, 1.54) is 38.6 Å². The summed E-state index contributed by atoms with van der Waals surface area (Å²) in [5.41, 5.74) is 0.514. The molecule has 104 valence electrons. The molecule has 0 radical (unpaired) electrons. The van der Waals surface area contributed by atoms with Crippen LogP contribution in [0.5, 0.6) is 0 Å². The molecule has 1 heterocycles. The molecule has 4 atom stereocenters. The summed E-state index contributed by atoms with van der Waals surface area (Å²) in [4.78, 5) is 2.48. The molecular formula is C15H28N2O. The van der Waals surface area contributed by atoms with Gasteiger partial charge in [0, 0.05) is 36.7 Å². The summed E-state index contributed by atoms with van der Waals surface area (Å²) in [5, 5.41) is 3.94. The van der Waals surface area contributed by atoms with Gasteiger partial charge in [0.1, 0.15) is 0 Å². The molecule has 3 aliphatic rings. The maximum Gasteiger partial charge on any atom is 0.0661 e. The molecule has 4 unspecified atom stereocenters. The van der Waals surface area contributed by atoms with E-state index in [4.69, 9.17) is 4.74 Å². The minimum atomic E-state index is 0.514. The normalized spacial score (nSPS) is 42.8. The third-order valence-electron chi connectivity index (χ3n) is 5.76. The van der Waals surface area contributed by atoms with Crippen LogP contribution in [0.25, 0.3) is 0 Å². The molecule has 3 rings (SSSR count). The number of nitrogens with zero attached hydrogens (tertiary/aromatic N) is 1. The van der Waals surface area contributed by atoms with Crippen LogP contribution in [-0.4, -0.2) is 49.3 Å². The molecule has 0 aromatic carbocycles. The van der Waals surface area contributed by atoms with Crippen molar-refractivity contribution in [3.05, 3.63) is 0 Å². The van der Waals surface area contributed by atoms with Gasteiger partial charge in [-0.2, -0.15) is 0 Å². The van der Waals surface area contributed by atoms with Gasteiger partial charge in [0.2, 0.25) is 0 Å². The Labute approximate surface area is 111 Å². The van der Waals surface area contributed by atoms with Gasteiger partial charge < -0.3 is 15.0 Å². The smallest absolute Gasteiger partial charge is 0.0661 e. The topological polar surface area (TPSA) is 24.5 Å². The van der Waals surface area contributed by atoms with Crippen molar-refractivity contribution in [2.45, 2.75) is 70.2 Å². The monoisotopic (exact) mass is 252 g/mol. The first-order valence-corrected chi connectivity index (χ1v) is 7.73. The lowest BCUT2D eigenvalue weighted by Crippen LogP contribution is -2.68. The van der Waals surface area contributed by atoms with Crippen molar-refractivity contribution in [2.75, 3.05) is 20.2 Å². The molecule has 3 fully saturated rings. The predicted octanol–water partition coefficient (Wildman–Crippen LogP) is 2.02. The van der Waals surface area contributed by atoms with Crippen LogP contribution in [0.1, 0.15) is 46.0 Å². The van der Waals surface area contributed by atoms with Gasteiger partial charge in [-0.1, -0.05) is 6.42 Å². The minimum absolute atomic E-state index is 0.514. The molecule has 1 spiro atoms. The van der Waals surface area contributed by atoms with E-state index >= 15 is 0 Å². The van der Waals surface area contributed by atoms with Gasteiger partial charge in [-0.05, 0) is 46.6 Å². The number of nitrogens with one attached hydrogen (secondary N) is 1. The van der Waals surface area contributed by atoms with Crippen LogP contribution in [0.3, 0.4) is 0 Å². The zero-order valence-corrected chi connectivity index (χ0v) is 12.1. The molecule has 3 nitrogen and oxygen atoms in total. The van der Waals surface area contributed by atoms with E-state index < -0.39 is 0 Å². The number of rotatable bonds is 4. The standard InChI is InChI=1S/C15H28N2O/c1-4-18-14-9-13(15(14)6-5-7-15)16-12-8-11(2)17(3)10-12/h11-14,16H,4-10H2,1-3H3. The van der Waals surface area contributed by atoms with Crippen LogP contribution < -0.4 is 5.32 Å². The van der Waals surface area contributed by atoms with Crippen LogP contribution in [0.15, 0.2) is 0 Å². The van der Waals surface area contributed by atoms with Gasteiger partial charge in [0.25, 0.3) is 0 Å². The summed E-state index contributed by atoms with van der Waals surface area (Å²) in [5.74, 6) is 0. The third-order valence-corrected chi connectivity index (χ3v) is 5.76. The van der Waals surface area contributed by atoms with E-state index in [2.05, 4.69) is 31.1 Å². The zero-order chi connectivity index (χ0) is 12.8. The Balaban J connectivity index is 1.55. The Morgan fingerprint density at radius 1 is 1.33 bits per heavy atom. The number of likely N-dealkylation sites (tertiary alicyclic amines) is 1. The number of likely N-dealkylation sites (N-methyl/N-ethyl adjacent to an activating group) is 1. The van der Waals surface area contributed by atoms with Crippen LogP contribution >= 0.6 is 0 Å². The van der Waals surface area contributed by atoms with Crippen molar-refractivity contribution in [1.29, 1.82) is 0 Å². The summed E-state index contributed by atoms with van der Waals surface area (Å²) < 4.78 is 5.92. The van der Waals surface area contributed by atoms with Crippen molar-refractivity contribution in [3.63, 3.8) is 0 Å². The van der Waals surface area contributed by atoms with E-state index in [9.17, 15) is 0 Å². The fraction of sp³-hybridized carbons (Fsp3) is 1.00. The van der Waals surface area contributed by atoms with Crippen molar-refractivity contribution in [2.24, 2.45) is 5.41 Å². The minimum Gasteiger partial charge on any atom is -0.378 e. The van der Waals surface area contributed by atoms with Crippen molar-refractivity contribution in [1.82, 2.24) is 10.2 Å². The summed E-state index contributed by atoms with van der Waals surface area (Å²) in [7, 11) is 2.25. The second kappa shape index (κ2) is 4.77. The van der Waals surface area contributed by atoms with Crippen molar-refractivity contribution < 1.29 is 4.74 Å².